The molecule has 1 saturated carbocycles. The zero-order valence-corrected chi connectivity index (χ0v) is 15.6. The Morgan fingerprint density at radius 2 is 1.65 bits per heavy atom. The van der Waals surface area contributed by atoms with E-state index < -0.39 is 6.04 Å². The van der Waals surface area contributed by atoms with Crippen LogP contribution in [0.5, 0.6) is 0 Å². The number of nitrogens with one attached hydrogen (secondary N) is 2. The van der Waals surface area contributed by atoms with Gasteiger partial charge in [0.15, 0.2) is 0 Å². The Kier molecular flexibility index (Phi) is 7.52. The van der Waals surface area contributed by atoms with Gasteiger partial charge in [0.05, 0.1) is 13.2 Å². The van der Waals surface area contributed by atoms with Crippen molar-refractivity contribution in [3.05, 3.63) is 0 Å². The molecule has 0 aromatic carbocycles. The molecule has 1 aliphatic carbocycles. The number of amides is 1. The fraction of sp³-hybridized carbons (Fsp3) is 0.889. The summed E-state index contributed by atoms with van der Waals surface area (Å²) in [5.41, 5.74) is -0.235. The fourth-order valence-electron chi connectivity index (χ4n) is 3.25. The van der Waals surface area contributed by atoms with Crippen molar-refractivity contribution in [2.75, 3.05) is 7.11 Å². The third-order valence-corrected chi connectivity index (χ3v) is 4.50. The summed E-state index contributed by atoms with van der Waals surface area (Å²) in [5, 5.41) is 6.29. The zero-order chi connectivity index (χ0) is 17.6. The maximum Gasteiger partial charge on any atom is 0.328 e. The largest absolute Gasteiger partial charge is 0.467 e. The third kappa shape index (κ3) is 6.13. The Balaban J connectivity index is 2.86. The van der Waals surface area contributed by atoms with Gasteiger partial charge in [0.1, 0.15) is 6.04 Å². The lowest BCUT2D eigenvalue weighted by molar-refractivity contribution is -0.147. The van der Waals surface area contributed by atoms with Crippen molar-refractivity contribution in [2.45, 2.75) is 84.8 Å². The number of esters is 1. The Bertz CT molecular complexity index is 396. The highest BCUT2D eigenvalue weighted by Crippen LogP contribution is 2.28. The quantitative estimate of drug-likeness (QED) is 0.736. The van der Waals surface area contributed by atoms with Crippen LogP contribution < -0.4 is 10.6 Å². The average molecular weight is 326 g/mol. The van der Waals surface area contributed by atoms with Crippen LogP contribution in [0, 0.1) is 11.3 Å². The van der Waals surface area contributed by atoms with Gasteiger partial charge in [-0.1, -0.05) is 53.9 Å². The van der Waals surface area contributed by atoms with Gasteiger partial charge in [-0.15, -0.1) is 0 Å². The molecule has 1 amide bonds. The van der Waals surface area contributed by atoms with Crippen LogP contribution in [-0.4, -0.2) is 37.1 Å². The van der Waals surface area contributed by atoms with Gasteiger partial charge in [-0.25, -0.2) is 4.79 Å². The van der Waals surface area contributed by atoms with Crippen molar-refractivity contribution in [2.24, 2.45) is 11.3 Å². The number of ether oxygens (including phenoxy) is 1. The lowest BCUT2D eigenvalue weighted by atomic mass is 9.82. The summed E-state index contributed by atoms with van der Waals surface area (Å²) < 4.78 is 4.94. The molecule has 5 nitrogen and oxygen atoms in total. The van der Waals surface area contributed by atoms with Crippen molar-refractivity contribution < 1.29 is 14.3 Å². The van der Waals surface area contributed by atoms with Gasteiger partial charge in [-0.05, 0) is 24.2 Å². The highest BCUT2D eigenvalue weighted by Gasteiger charge is 2.37. The molecule has 0 bridgehead atoms. The van der Waals surface area contributed by atoms with Gasteiger partial charge in [0, 0.05) is 6.04 Å². The molecule has 0 spiro atoms. The summed E-state index contributed by atoms with van der Waals surface area (Å²) in [6.07, 6.45) is 5.37. The maximum absolute atomic E-state index is 12.8. The van der Waals surface area contributed by atoms with Crippen LogP contribution in [-0.2, 0) is 14.3 Å². The molecular weight excluding hydrogens is 292 g/mol. The van der Waals surface area contributed by atoms with E-state index in [1.165, 1.54) is 13.5 Å². The summed E-state index contributed by atoms with van der Waals surface area (Å²) in [5.74, 6) is -0.269. The van der Waals surface area contributed by atoms with E-state index >= 15 is 0 Å². The summed E-state index contributed by atoms with van der Waals surface area (Å²) in [6.45, 7) is 10.1. The summed E-state index contributed by atoms with van der Waals surface area (Å²) in [7, 11) is 1.39. The van der Waals surface area contributed by atoms with Gasteiger partial charge >= 0.3 is 5.97 Å². The Morgan fingerprint density at radius 1 is 1.09 bits per heavy atom. The minimum Gasteiger partial charge on any atom is -0.467 e. The molecule has 0 heterocycles. The lowest BCUT2D eigenvalue weighted by Crippen LogP contribution is -2.58. The van der Waals surface area contributed by atoms with E-state index in [1.807, 2.05) is 34.6 Å². The first-order valence-electron chi connectivity index (χ1n) is 8.81. The van der Waals surface area contributed by atoms with Crippen molar-refractivity contribution in [3.8, 4) is 0 Å². The first-order chi connectivity index (χ1) is 10.7. The highest BCUT2D eigenvalue weighted by atomic mass is 16.5. The summed E-state index contributed by atoms with van der Waals surface area (Å²) in [4.78, 5) is 25.0. The first-order valence-corrected chi connectivity index (χ1v) is 8.81. The number of rotatable bonds is 6. The van der Waals surface area contributed by atoms with E-state index in [2.05, 4.69) is 10.6 Å². The molecule has 5 heteroatoms. The van der Waals surface area contributed by atoms with Gasteiger partial charge in [0.25, 0.3) is 0 Å². The molecule has 1 rings (SSSR count). The summed E-state index contributed by atoms with van der Waals surface area (Å²) >= 11 is 0. The maximum atomic E-state index is 12.8. The van der Waals surface area contributed by atoms with E-state index in [0.717, 1.165) is 25.7 Å². The smallest absolute Gasteiger partial charge is 0.328 e. The van der Waals surface area contributed by atoms with Crippen molar-refractivity contribution in [3.63, 3.8) is 0 Å². The molecule has 0 aliphatic heterocycles. The molecule has 0 unspecified atom stereocenters. The predicted molar refractivity (Wildman–Crippen MR) is 92.0 cm³/mol. The topological polar surface area (TPSA) is 67.4 Å². The number of hydrogen-bond acceptors (Lipinski definition) is 4. The van der Waals surface area contributed by atoms with Crippen molar-refractivity contribution >= 4 is 11.9 Å². The van der Waals surface area contributed by atoms with Crippen molar-refractivity contribution in [1.29, 1.82) is 0 Å². The molecule has 1 aliphatic rings. The monoisotopic (exact) mass is 326 g/mol. The SMILES string of the molecule is COC(=O)[C@@H](NC(=O)[C@@H](NC(C)C)C(C)(C)C)C1CCCCC1. The molecule has 0 radical (unpaired) electrons. The van der Waals surface area contributed by atoms with Gasteiger partial charge in [0.2, 0.25) is 5.91 Å². The molecule has 0 aromatic heterocycles. The van der Waals surface area contributed by atoms with Crippen LogP contribution in [0.1, 0.15) is 66.7 Å². The van der Waals surface area contributed by atoms with Crippen LogP contribution >= 0.6 is 0 Å². The Hall–Kier alpha value is -1.10. The molecule has 2 atom stereocenters. The second-order valence-electron chi connectivity index (χ2n) is 8.03. The third-order valence-electron chi connectivity index (χ3n) is 4.50. The molecule has 0 saturated heterocycles. The normalized spacial score (nSPS) is 19.3. The van der Waals surface area contributed by atoms with Crippen LogP contribution in [0.3, 0.4) is 0 Å². The van der Waals surface area contributed by atoms with E-state index in [9.17, 15) is 9.59 Å². The highest BCUT2D eigenvalue weighted by molar-refractivity contribution is 5.88. The van der Waals surface area contributed by atoms with Gasteiger partial charge in [-0.2, -0.15) is 0 Å². The number of carbonyl (C=O) groups excluding carboxylic acids is 2. The van der Waals surface area contributed by atoms with E-state index in [0.29, 0.717) is 0 Å². The zero-order valence-electron chi connectivity index (χ0n) is 15.6. The second kappa shape index (κ2) is 8.67. The van der Waals surface area contributed by atoms with Crippen LogP contribution in [0.4, 0.5) is 0 Å². The van der Waals surface area contributed by atoms with E-state index in [4.69, 9.17) is 4.74 Å². The Morgan fingerprint density at radius 3 is 2.09 bits per heavy atom. The van der Waals surface area contributed by atoms with E-state index in [-0.39, 0.29) is 35.3 Å². The molecule has 1 fully saturated rings. The predicted octanol–water partition coefficient (Wildman–Crippen LogP) is 2.64. The summed E-state index contributed by atoms with van der Waals surface area (Å²) in [6, 6.07) is -0.693. The standard InChI is InChI=1S/C18H34N2O3/c1-12(2)19-15(18(3,4)5)16(21)20-14(17(22)23-6)13-10-8-7-9-11-13/h12-15,19H,7-11H2,1-6H3,(H,20,21)/t14-,15+/m0/s1. The van der Waals surface area contributed by atoms with Crippen molar-refractivity contribution in [1.82, 2.24) is 10.6 Å². The average Bonchev–Trinajstić information content (AvgIpc) is 2.49. The number of hydrogen-bond donors (Lipinski definition) is 2. The lowest BCUT2D eigenvalue weighted by Gasteiger charge is -2.35. The van der Waals surface area contributed by atoms with Crippen LogP contribution in [0.2, 0.25) is 0 Å². The van der Waals surface area contributed by atoms with Gasteiger partial charge < -0.3 is 15.4 Å². The second-order valence-corrected chi connectivity index (χ2v) is 8.03. The minimum absolute atomic E-state index is 0.118. The molecule has 134 valence electrons. The molecule has 23 heavy (non-hydrogen) atoms. The molecule has 0 aromatic rings. The number of methoxy groups -OCH3 is 1. The van der Waals surface area contributed by atoms with Crippen LogP contribution in [0.25, 0.3) is 0 Å². The first kappa shape index (κ1) is 19.9. The van der Waals surface area contributed by atoms with Crippen LogP contribution in [0.15, 0.2) is 0 Å². The minimum atomic E-state index is -0.536. The molecular formula is C18H34N2O3. The van der Waals surface area contributed by atoms with Gasteiger partial charge in [-0.3, -0.25) is 4.79 Å². The fourth-order valence-corrected chi connectivity index (χ4v) is 3.25. The van der Waals surface area contributed by atoms with E-state index in [1.54, 1.807) is 0 Å². The molecule has 2 N–H and O–H groups in total. The number of carbonyl (C=O) groups is 2. The Labute approximate surface area is 140 Å².